The molecule has 1 N–H and O–H groups in total. The molecule has 2 heterocycles. The highest BCUT2D eigenvalue weighted by atomic mass is 32.1. The molecule has 1 saturated carbocycles. The lowest BCUT2D eigenvalue weighted by Gasteiger charge is -2.22. The molecule has 0 atom stereocenters. The van der Waals surface area contributed by atoms with Gasteiger partial charge in [0.15, 0.2) is 0 Å². The van der Waals surface area contributed by atoms with E-state index in [9.17, 15) is 4.79 Å². The average Bonchev–Trinajstić information content (AvgIpc) is 3.33. The van der Waals surface area contributed by atoms with Gasteiger partial charge in [0.2, 0.25) is 0 Å². The number of hydrogen-bond donors (Lipinski definition) is 1. The number of carbonyl (C=O) groups is 1. The van der Waals surface area contributed by atoms with Crippen LogP contribution in [0.15, 0.2) is 54.0 Å². The minimum absolute atomic E-state index is 0.000360. The van der Waals surface area contributed by atoms with E-state index in [1.54, 1.807) is 11.3 Å². The van der Waals surface area contributed by atoms with Crippen LogP contribution in [0.2, 0.25) is 0 Å². The van der Waals surface area contributed by atoms with Crippen LogP contribution in [-0.4, -0.2) is 21.7 Å². The second-order valence-electron chi connectivity index (χ2n) is 6.86. The Kier molecular flexibility index (Phi) is 5.16. The summed E-state index contributed by atoms with van der Waals surface area (Å²) < 4.78 is 1.88. The van der Waals surface area contributed by atoms with Gasteiger partial charge in [0.1, 0.15) is 5.69 Å². The van der Waals surface area contributed by atoms with E-state index in [4.69, 9.17) is 5.10 Å². The Labute approximate surface area is 157 Å². The minimum atomic E-state index is -0.000360. The van der Waals surface area contributed by atoms with E-state index in [2.05, 4.69) is 17.4 Å². The summed E-state index contributed by atoms with van der Waals surface area (Å²) in [7, 11) is 0. The molecule has 134 valence electrons. The fraction of sp³-hybridized carbons (Fsp3) is 0.333. The third-order valence-electron chi connectivity index (χ3n) is 4.89. The van der Waals surface area contributed by atoms with E-state index < -0.39 is 0 Å². The molecule has 1 aliphatic rings. The molecule has 1 aliphatic carbocycles. The zero-order valence-electron chi connectivity index (χ0n) is 14.7. The van der Waals surface area contributed by atoms with E-state index in [0.717, 1.165) is 23.4 Å². The maximum Gasteiger partial charge on any atom is 0.255 e. The largest absolute Gasteiger partial charge is 0.349 e. The SMILES string of the molecule is O=C(NC1CCCCC1)c1cn(Cc2ccccc2)nc1-c1cccs1. The Bertz CT molecular complexity index is 849. The van der Waals surface area contributed by atoms with Crippen molar-refractivity contribution < 1.29 is 4.79 Å². The van der Waals surface area contributed by atoms with Crippen LogP contribution in [0.1, 0.15) is 48.0 Å². The third-order valence-corrected chi connectivity index (χ3v) is 5.77. The lowest BCUT2D eigenvalue weighted by atomic mass is 9.95. The zero-order valence-corrected chi connectivity index (χ0v) is 15.5. The summed E-state index contributed by atoms with van der Waals surface area (Å²) in [6, 6.07) is 14.5. The summed E-state index contributed by atoms with van der Waals surface area (Å²) in [6.45, 7) is 0.663. The van der Waals surface area contributed by atoms with Gasteiger partial charge in [-0.05, 0) is 29.9 Å². The normalized spacial score (nSPS) is 15.1. The summed E-state index contributed by atoms with van der Waals surface area (Å²) in [5.41, 5.74) is 2.63. The topological polar surface area (TPSA) is 46.9 Å². The molecule has 0 spiro atoms. The fourth-order valence-corrected chi connectivity index (χ4v) is 4.27. The lowest BCUT2D eigenvalue weighted by Crippen LogP contribution is -2.36. The first kappa shape index (κ1) is 17.0. The maximum absolute atomic E-state index is 12.9. The predicted molar refractivity (Wildman–Crippen MR) is 105 cm³/mol. The Morgan fingerprint density at radius 3 is 2.65 bits per heavy atom. The van der Waals surface area contributed by atoms with Crippen LogP contribution >= 0.6 is 11.3 Å². The number of nitrogens with zero attached hydrogens (tertiary/aromatic N) is 2. The van der Waals surface area contributed by atoms with Gasteiger partial charge in [-0.1, -0.05) is 55.7 Å². The predicted octanol–water partition coefficient (Wildman–Crippen LogP) is 4.72. The molecule has 26 heavy (non-hydrogen) atoms. The first-order valence-corrected chi connectivity index (χ1v) is 10.1. The third kappa shape index (κ3) is 3.88. The van der Waals surface area contributed by atoms with Crippen LogP contribution in [-0.2, 0) is 6.54 Å². The fourth-order valence-electron chi connectivity index (χ4n) is 3.54. The van der Waals surface area contributed by atoms with E-state index in [-0.39, 0.29) is 5.91 Å². The minimum Gasteiger partial charge on any atom is -0.349 e. The van der Waals surface area contributed by atoms with Gasteiger partial charge >= 0.3 is 0 Å². The van der Waals surface area contributed by atoms with E-state index >= 15 is 0 Å². The molecular weight excluding hydrogens is 342 g/mol. The van der Waals surface area contributed by atoms with Crippen molar-refractivity contribution in [1.82, 2.24) is 15.1 Å². The molecule has 2 aromatic heterocycles. The lowest BCUT2D eigenvalue weighted by molar-refractivity contribution is 0.0928. The van der Waals surface area contributed by atoms with E-state index in [1.165, 1.54) is 24.8 Å². The van der Waals surface area contributed by atoms with Crippen LogP contribution in [0.3, 0.4) is 0 Å². The van der Waals surface area contributed by atoms with Gasteiger partial charge in [-0.15, -0.1) is 11.3 Å². The van der Waals surface area contributed by atoms with Crippen molar-refractivity contribution in [2.24, 2.45) is 0 Å². The molecule has 0 radical (unpaired) electrons. The van der Waals surface area contributed by atoms with Gasteiger partial charge in [0, 0.05) is 12.2 Å². The van der Waals surface area contributed by atoms with Crippen molar-refractivity contribution in [1.29, 1.82) is 0 Å². The first-order chi connectivity index (χ1) is 12.8. The molecule has 0 unspecified atom stereocenters. The van der Waals surface area contributed by atoms with Crippen LogP contribution in [0.25, 0.3) is 10.6 Å². The second kappa shape index (κ2) is 7.87. The smallest absolute Gasteiger partial charge is 0.255 e. The molecule has 1 amide bonds. The highest BCUT2D eigenvalue weighted by Gasteiger charge is 2.22. The van der Waals surface area contributed by atoms with Crippen molar-refractivity contribution >= 4 is 17.2 Å². The molecule has 4 nitrogen and oxygen atoms in total. The van der Waals surface area contributed by atoms with Crippen molar-refractivity contribution in [3.8, 4) is 10.6 Å². The number of hydrogen-bond acceptors (Lipinski definition) is 3. The van der Waals surface area contributed by atoms with Crippen molar-refractivity contribution in [2.75, 3.05) is 0 Å². The summed E-state index contributed by atoms with van der Waals surface area (Å²) >= 11 is 1.62. The number of nitrogens with one attached hydrogen (secondary N) is 1. The molecule has 1 fully saturated rings. The van der Waals surface area contributed by atoms with Crippen molar-refractivity contribution in [3.63, 3.8) is 0 Å². The molecule has 5 heteroatoms. The average molecular weight is 366 g/mol. The molecule has 4 rings (SSSR count). The maximum atomic E-state index is 12.9. The van der Waals surface area contributed by atoms with Gasteiger partial charge in [-0.3, -0.25) is 9.48 Å². The number of benzene rings is 1. The van der Waals surface area contributed by atoms with Gasteiger partial charge in [0.05, 0.1) is 17.0 Å². The highest BCUT2D eigenvalue weighted by molar-refractivity contribution is 7.13. The number of amides is 1. The Hall–Kier alpha value is -2.40. The van der Waals surface area contributed by atoms with Gasteiger partial charge in [-0.2, -0.15) is 5.10 Å². The van der Waals surface area contributed by atoms with Crippen LogP contribution < -0.4 is 5.32 Å². The highest BCUT2D eigenvalue weighted by Crippen LogP contribution is 2.27. The van der Waals surface area contributed by atoms with E-state index in [1.807, 2.05) is 46.6 Å². The molecule has 0 aliphatic heterocycles. The van der Waals surface area contributed by atoms with Gasteiger partial charge in [0.25, 0.3) is 5.91 Å². The second-order valence-corrected chi connectivity index (χ2v) is 7.81. The molecule has 1 aromatic carbocycles. The number of thiophene rings is 1. The Morgan fingerprint density at radius 2 is 1.92 bits per heavy atom. The monoisotopic (exact) mass is 365 g/mol. The number of rotatable bonds is 5. The quantitative estimate of drug-likeness (QED) is 0.711. The summed E-state index contributed by atoms with van der Waals surface area (Å²) in [4.78, 5) is 14.0. The van der Waals surface area contributed by atoms with Gasteiger partial charge in [-0.25, -0.2) is 0 Å². The first-order valence-electron chi connectivity index (χ1n) is 9.26. The van der Waals surface area contributed by atoms with Crippen LogP contribution in [0, 0.1) is 0 Å². The Balaban J connectivity index is 1.60. The standard InChI is InChI=1S/C21H23N3OS/c25-21(22-17-10-5-2-6-11-17)18-15-24(14-16-8-3-1-4-9-16)23-20(18)19-12-7-13-26-19/h1,3-4,7-9,12-13,15,17H,2,5-6,10-11,14H2,(H,22,25). The zero-order chi connectivity index (χ0) is 17.8. The number of carbonyl (C=O) groups excluding carboxylic acids is 1. The van der Waals surface area contributed by atoms with Crippen molar-refractivity contribution in [3.05, 3.63) is 65.2 Å². The summed E-state index contributed by atoms with van der Waals surface area (Å²) in [5.74, 6) is -0.000360. The molecular formula is C21H23N3OS. The van der Waals surface area contributed by atoms with Crippen LogP contribution in [0.4, 0.5) is 0 Å². The molecule has 0 saturated heterocycles. The summed E-state index contributed by atoms with van der Waals surface area (Å²) in [6.07, 6.45) is 7.74. The number of aromatic nitrogens is 2. The molecule has 3 aromatic rings. The Morgan fingerprint density at radius 1 is 1.12 bits per heavy atom. The van der Waals surface area contributed by atoms with E-state index in [0.29, 0.717) is 18.2 Å². The van der Waals surface area contributed by atoms with Crippen LogP contribution in [0.5, 0.6) is 0 Å². The summed E-state index contributed by atoms with van der Waals surface area (Å²) in [5, 5.41) is 9.98. The molecule has 0 bridgehead atoms. The van der Waals surface area contributed by atoms with Crippen molar-refractivity contribution in [2.45, 2.75) is 44.7 Å². The van der Waals surface area contributed by atoms with Gasteiger partial charge < -0.3 is 5.32 Å².